The fourth-order valence-electron chi connectivity index (χ4n) is 2.15. The first kappa shape index (κ1) is 16.6. The molecule has 0 fully saturated rings. The predicted molar refractivity (Wildman–Crippen MR) is 86.0 cm³/mol. The zero-order valence-electron chi connectivity index (χ0n) is 13.1. The van der Waals surface area contributed by atoms with Crippen LogP contribution in [0.25, 0.3) is 11.4 Å². The highest BCUT2D eigenvalue weighted by atomic mass is 16.4. The van der Waals surface area contributed by atoms with Crippen LogP contribution in [0.15, 0.2) is 36.5 Å². The highest BCUT2D eigenvalue weighted by Crippen LogP contribution is 2.15. The van der Waals surface area contributed by atoms with Crippen molar-refractivity contribution in [2.75, 3.05) is 6.54 Å². The van der Waals surface area contributed by atoms with E-state index in [1.54, 1.807) is 13.8 Å². The normalized spacial score (nSPS) is 11.7. The first-order chi connectivity index (χ1) is 11.0. The lowest BCUT2D eigenvalue weighted by molar-refractivity contribution is -0.137. The van der Waals surface area contributed by atoms with E-state index in [0.29, 0.717) is 23.6 Å². The number of carbonyl (C=O) groups excluding carboxylic acids is 1. The number of aromatic nitrogens is 2. The minimum Gasteiger partial charge on any atom is -0.481 e. The van der Waals surface area contributed by atoms with Crippen LogP contribution in [0.5, 0.6) is 0 Å². The second-order valence-corrected chi connectivity index (χ2v) is 5.47. The first-order valence-electron chi connectivity index (χ1n) is 7.36. The van der Waals surface area contributed by atoms with Gasteiger partial charge in [0, 0.05) is 24.7 Å². The van der Waals surface area contributed by atoms with E-state index in [9.17, 15) is 9.59 Å². The fraction of sp³-hybridized carbons (Fsp3) is 0.294. The number of carboxylic acid groups (broad SMARTS) is 1. The maximum atomic E-state index is 12.2. The van der Waals surface area contributed by atoms with Gasteiger partial charge in [-0.3, -0.25) is 9.59 Å². The Hall–Kier alpha value is -2.76. The number of hydrogen-bond acceptors (Lipinski definition) is 4. The number of nitrogens with one attached hydrogen (secondary N) is 1. The lowest BCUT2D eigenvalue weighted by Gasteiger charge is -2.11. The van der Waals surface area contributed by atoms with Crippen LogP contribution in [-0.4, -0.2) is 33.5 Å². The Bertz CT molecular complexity index is 701. The largest absolute Gasteiger partial charge is 0.481 e. The molecular weight excluding hydrogens is 294 g/mol. The molecule has 0 spiro atoms. The molecule has 2 rings (SSSR count). The van der Waals surface area contributed by atoms with Gasteiger partial charge in [-0.2, -0.15) is 0 Å². The van der Waals surface area contributed by atoms with E-state index in [2.05, 4.69) is 15.3 Å². The van der Waals surface area contributed by atoms with Crippen LogP contribution in [0.3, 0.4) is 0 Å². The van der Waals surface area contributed by atoms with Crippen LogP contribution in [0, 0.1) is 12.8 Å². The Morgan fingerprint density at radius 2 is 1.96 bits per heavy atom. The van der Waals surface area contributed by atoms with E-state index < -0.39 is 5.97 Å². The third kappa shape index (κ3) is 4.60. The molecule has 0 radical (unpaired) electrons. The molecule has 0 saturated heterocycles. The van der Waals surface area contributed by atoms with Crippen LogP contribution < -0.4 is 5.32 Å². The summed E-state index contributed by atoms with van der Waals surface area (Å²) >= 11 is 0. The molecule has 2 N–H and O–H groups in total. The molecule has 1 aromatic carbocycles. The van der Waals surface area contributed by atoms with Crippen molar-refractivity contribution in [3.8, 4) is 11.4 Å². The van der Waals surface area contributed by atoms with Crippen molar-refractivity contribution in [1.82, 2.24) is 15.3 Å². The van der Waals surface area contributed by atoms with Crippen molar-refractivity contribution in [2.45, 2.75) is 20.3 Å². The van der Waals surface area contributed by atoms with Crippen LogP contribution in [0.2, 0.25) is 0 Å². The van der Waals surface area contributed by atoms with Gasteiger partial charge in [-0.25, -0.2) is 9.97 Å². The van der Waals surface area contributed by atoms with Gasteiger partial charge >= 0.3 is 5.97 Å². The van der Waals surface area contributed by atoms with Crippen molar-refractivity contribution >= 4 is 11.9 Å². The van der Waals surface area contributed by atoms with Gasteiger partial charge in [0.15, 0.2) is 5.82 Å². The Labute approximate surface area is 134 Å². The molecule has 23 heavy (non-hydrogen) atoms. The van der Waals surface area contributed by atoms with Gasteiger partial charge in [0.2, 0.25) is 0 Å². The van der Waals surface area contributed by atoms with E-state index in [1.807, 2.05) is 30.3 Å². The number of hydrogen-bond donors (Lipinski definition) is 2. The maximum absolute atomic E-state index is 12.2. The number of amides is 1. The second kappa shape index (κ2) is 7.49. The van der Waals surface area contributed by atoms with Crippen molar-refractivity contribution in [3.05, 3.63) is 47.8 Å². The number of carbonyl (C=O) groups is 2. The summed E-state index contributed by atoms with van der Waals surface area (Å²) in [4.78, 5) is 31.4. The van der Waals surface area contributed by atoms with Gasteiger partial charge in [-0.15, -0.1) is 0 Å². The average molecular weight is 313 g/mol. The summed E-state index contributed by atoms with van der Waals surface area (Å²) in [7, 11) is 0. The van der Waals surface area contributed by atoms with Gasteiger partial charge in [0.1, 0.15) is 0 Å². The highest BCUT2D eigenvalue weighted by Gasteiger charge is 2.14. The van der Waals surface area contributed by atoms with E-state index in [4.69, 9.17) is 5.11 Å². The molecule has 1 amide bonds. The van der Waals surface area contributed by atoms with Crippen LogP contribution in [-0.2, 0) is 4.79 Å². The summed E-state index contributed by atoms with van der Waals surface area (Å²) in [6, 6.07) is 9.53. The van der Waals surface area contributed by atoms with Crippen molar-refractivity contribution in [1.29, 1.82) is 0 Å². The molecule has 0 aliphatic rings. The summed E-state index contributed by atoms with van der Waals surface area (Å²) in [5.74, 6) is -0.738. The minimum absolute atomic E-state index is 0.0166. The van der Waals surface area contributed by atoms with Gasteiger partial charge in [0.05, 0.1) is 11.3 Å². The number of benzene rings is 1. The molecule has 1 atom stereocenters. The van der Waals surface area contributed by atoms with E-state index in [-0.39, 0.29) is 18.2 Å². The third-order valence-corrected chi connectivity index (χ3v) is 3.39. The predicted octanol–water partition coefficient (Wildman–Crippen LogP) is 2.29. The van der Waals surface area contributed by atoms with E-state index in [1.165, 1.54) is 6.20 Å². The lowest BCUT2D eigenvalue weighted by atomic mass is 10.1. The molecular formula is C17H19N3O3. The molecule has 2 aromatic rings. The standard InChI is InChI=1S/C17H19N3O3/c1-11(8-15(21)22)9-19-17(23)14-10-18-16(20-12(14)2)13-6-4-3-5-7-13/h3-7,10-11H,8-9H2,1-2H3,(H,19,23)(H,21,22). The molecule has 0 bridgehead atoms. The molecule has 0 aliphatic heterocycles. The fourth-order valence-corrected chi connectivity index (χ4v) is 2.15. The number of rotatable bonds is 6. The maximum Gasteiger partial charge on any atom is 0.303 e. The third-order valence-electron chi connectivity index (χ3n) is 3.39. The Kier molecular flexibility index (Phi) is 5.41. The monoisotopic (exact) mass is 313 g/mol. The molecule has 6 heteroatoms. The summed E-state index contributed by atoms with van der Waals surface area (Å²) in [5.41, 5.74) is 1.87. The molecule has 0 saturated carbocycles. The van der Waals surface area contributed by atoms with E-state index in [0.717, 1.165) is 5.56 Å². The van der Waals surface area contributed by atoms with Crippen molar-refractivity contribution in [2.24, 2.45) is 5.92 Å². The topological polar surface area (TPSA) is 92.2 Å². The molecule has 1 unspecified atom stereocenters. The minimum atomic E-state index is -0.876. The van der Waals surface area contributed by atoms with Gasteiger partial charge in [-0.1, -0.05) is 37.3 Å². The number of aryl methyl sites for hydroxylation is 1. The Morgan fingerprint density at radius 3 is 2.57 bits per heavy atom. The summed E-state index contributed by atoms with van der Waals surface area (Å²) in [5, 5.41) is 11.4. The quantitative estimate of drug-likeness (QED) is 0.853. The molecule has 6 nitrogen and oxygen atoms in total. The Balaban J connectivity index is 2.06. The van der Waals surface area contributed by atoms with E-state index >= 15 is 0 Å². The van der Waals surface area contributed by atoms with Crippen molar-refractivity contribution in [3.63, 3.8) is 0 Å². The lowest BCUT2D eigenvalue weighted by Crippen LogP contribution is -2.30. The zero-order chi connectivity index (χ0) is 16.8. The van der Waals surface area contributed by atoms with Crippen molar-refractivity contribution < 1.29 is 14.7 Å². The molecule has 0 aliphatic carbocycles. The van der Waals surface area contributed by atoms with Crippen LogP contribution in [0.4, 0.5) is 0 Å². The number of nitrogens with zero attached hydrogens (tertiary/aromatic N) is 2. The van der Waals surface area contributed by atoms with Gasteiger partial charge < -0.3 is 10.4 Å². The highest BCUT2D eigenvalue weighted by molar-refractivity contribution is 5.95. The number of aliphatic carboxylic acids is 1. The van der Waals surface area contributed by atoms with Crippen LogP contribution >= 0.6 is 0 Å². The molecule has 120 valence electrons. The second-order valence-electron chi connectivity index (χ2n) is 5.47. The van der Waals surface area contributed by atoms with Crippen LogP contribution in [0.1, 0.15) is 29.4 Å². The molecule has 1 aromatic heterocycles. The Morgan fingerprint density at radius 1 is 1.26 bits per heavy atom. The SMILES string of the molecule is Cc1nc(-c2ccccc2)ncc1C(=O)NCC(C)CC(=O)O. The average Bonchev–Trinajstić information content (AvgIpc) is 2.52. The smallest absolute Gasteiger partial charge is 0.303 e. The van der Waals surface area contributed by atoms with Gasteiger partial charge in [0.25, 0.3) is 5.91 Å². The molecule has 1 heterocycles. The summed E-state index contributed by atoms with van der Waals surface area (Å²) < 4.78 is 0. The summed E-state index contributed by atoms with van der Waals surface area (Å²) in [6.07, 6.45) is 1.52. The van der Waals surface area contributed by atoms with Gasteiger partial charge in [-0.05, 0) is 12.8 Å². The summed E-state index contributed by atoms with van der Waals surface area (Å²) in [6.45, 7) is 3.82. The zero-order valence-corrected chi connectivity index (χ0v) is 13.1. The first-order valence-corrected chi connectivity index (χ1v) is 7.36. The number of carboxylic acids is 1.